The third kappa shape index (κ3) is 2.52. The van der Waals surface area contributed by atoms with Crippen molar-refractivity contribution in [3.63, 3.8) is 0 Å². The van der Waals surface area contributed by atoms with E-state index in [1.54, 1.807) is 6.33 Å². The fourth-order valence-corrected chi connectivity index (χ4v) is 4.67. The van der Waals surface area contributed by atoms with Crippen LogP contribution in [0.4, 0.5) is 0 Å². The molecule has 0 bridgehead atoms. The first-order valence-corrected chi connectivity index (χ1v) is 9.56. The molecule has 134 valence electrons. The van der Waals surface area contributed by atoms with Gasteiger partial charge in [-0.05, 0) is 43.4 Å². The predicted octanol–water partition coefficient (Wildman–Crippen LogP) is 3.54. The molecule has 1 saturated carbocycles. The van der Waals surface area contributed by atoms with Crippen LogP contribution in [0.3, 0.4) is 0 Å². The Hall–Kier alpha value is -2.63. The van der Waals surface area contributed by atoms with Crippen molar-refractivity contribution in [2.24, 2.45) is 5.92 Å². The van der Waals surface area contributed by atoms with Crippen LogP contribution in [-0.4, -0.2) is 36.9 Å². The van der Waals surface area contributed by atoms with Crippen LogP contribution in [0.25, 0.3) is 11.0 Å². The monoisotopic (exact) mass is 349 g/mol. The summed E-state index contributed by atoms with van der Waals surface area (Å²) in [5.41, 5.74) is 2.52. The SMILES string of the molecule is O=C(c1ccc2nc[nH]c2c1)N1CCCn2ccnc2C1C1CCCC1. The van der Waals surface area contributed by atoms with Crippen molar-refractivity contribution in [1.29, 1.82) is 0 Å². The minimum absolute atomic E-state index is 0.0833. The van der Waals surface area contributed by atoms with Gasteiger partial charge in [0.1, 0.15) is 5.82 Å². The summed E-state index contributed by atoms with van der Waals surface area (Å²) in [6.07, 6.45) is 11.4. The molecule has 1 unspecified atom stereocenters. The standard InChI is InChI=1S/C20H23N5O/c26-20(15-6-7-16-17(12-15)23-13-22-16)25-10-3-9-24-11-8-21-19(24)18(25)14-4-1-2-5-14/h6-8,11-14,18H,1-5,9-10H2,(H,22,23). The minimum atomic E-state index is 0.0833. The van der Waals surface area contributed by atoms with Crippen molar-refractivity contribution in [2.45, 2.75) is 44.7 Å². The van der Waals surface area contributed by atoms with Crippen LogP contribution in [0.1, 0.15) is 54.3 Å². The highest BCUT2D eigenvalue weighted by Crippen LogP contribution is 2.40. The number of aromatic nitrogens is 4. The molecular formula is C20H23N5O. The number of hydrogen-bond acceptors (Lipinski definition) is 3. The Morgan fingerprint density at radius 2 is 2.00 bits per heavy atom. The number of carbonyl (C=O) groups excluding carboxylic acids is 1. The van der Waals surface area contributed by atoms with Crippen LogP contribution in [0.2, 0.25) is 0 Å². The maximum absolute atomic E-state index is 13.5. The van der Waals surface area contributed by atoms with Crippen molar-refractivity contribution >= 4 is 16.9 Å². The van der Waals surface area contributed by atoms with E-state index in [2.05, 4.69) is 30.6 Å². The maximum atomic E-state index is 13.5. The van der Waals surface area contributed by atoms with Gasteiger partial charge in [-0.15, -0.1) is 0 Å². The number of benzene rings is 1. The number of fused-ring (bicyclic) bond motifs is 2. The summed E-state index contributed by atoms with van der Waals surface area (Å²) in [6.45, 7) is 1.71. The van der Waals surface area contributed by atoms with E-state index in [1.165, 1.54) is 25.7 Å². The summed E-state index contributed by atoms with van der Waals surface area (Å²) >= 11 is 0. The molecule has 2 aliphatic rings. The van der Waals surface area contributed by atoms with E-state index < -0.39 is 0 Å². The van der Waals surface area contributed by atoms with E-state index in [0.717, 1.165) is 41.9 Å². The van der Waals surface area contributed by atoms with Crippen LogP contribution in [-0.2, 0) is 6.54 Å². The molecule has 1 atom stereocenters. The molecule has 1 amide bonds. The van der Waals surface area contributed by atoms with Crippen LogP contribution < -0.4 is 0 Å². The average molecular weight is 349 g/mol. The number of hydrogen-bond donors (Lipinski definition) is 1. The van der Waals surface area contributed by atoms with Gasteiger partial charge in [-0.2, -0.15) is 0 Å². The lowest BCUT2D eigenvalue weighted by atomic mass is 9.95. The second-order valence-corrected chi connectivity index (χ2v) is 7.45. The molecule has 1 N–H and O–H groups in total. The Morgan fingerprint density at radius 1 is 1.12 bits per heavy atom. The van der Waals surface area contributed by atoms with Crippen molar-refractivity contribution in [3.05, 3.63) is 48.3 Å². The third-order valence-electron chi connectivity index (χ3n) is 5.92. The van der Waals surface area contributed by atoms with Crippen molar-refractivity contribution < 1.29 is 4.79 Å². The Balaban J connectivity index is 1.55. The average Bonchev–Trinajstić information content (AvgIpc) is 3.41. The molecule has 0 saturated heterocycles. The lowest BCUT2D eigenvalue weighted by molar-refractivity contribution is 0.0603. The fourth-order valence-electron chi connectivity index (χ4n) is 4.67. The number of nitrogens with zero attached hydrogens (tertiary/aromatic N) is 4. The smallest absolute Gasteiger partial charge is 0.254 e. The predicted molar refractivity (Wildman–Crippen MR) is 98.7 cm³/mol. The number of imidazole rings is 2. The van der Waals surface area contributed by atoms with Crippen LogP contribution in [0, 0.1) is 5.92 Å². The normalized spacial score (nSPS) is 21.1. The molecule has 26 heavy (non-hydrogen) atoms. The van der Waals surface area contributed by atoms with Gasteiger partial charge in [0.25, 0.3) is 5.91 Å². The van der Waals surface area contributed by atoms with Gasteiger partial charge in [0.15, 0.2) is 0 Å². The summed E-state index contributed by atoms with van der Waals surface area (Å²) in [5.74, 6) is 1.68. The van der Waals surface area contributed by atoms with Crippen LogP contribution in [0.5, 0.6) is 0 Å². The summed E-state index contributed by atoms with van der Waals surface area (Å²) in [4.78, 5) is 27.6. The Labute approximate surface area is 152 Å². The highest BCUT2D eigenvalue weighted by molar-refractivity contribution is 5.97. The zero-order chi connectivity index (χ0) is 17.5. The Morgan fingerprint density at radius 3 is 2.88 bits per heavy atom. The highest BCUT2D eigenvalue weighted by Gasteiger charge is 2.38. The number of H-pyrrole nitrogens is 1. The molecule has 6 heteroatoms. The molecule has 1 fully saturated rings. The maximum Gasteiger partial charge on any atom is 0.254 e. The second-order valence-electron chi connectivity index (χ2n) is 7.45. The van der Waals surface area contributed by atoms with E-state index >= 15 is 0 Å². The summed E-state index contributed by atoms with van der Waals surface area (Å²) < 4.78 is 2.24. The van der Waals surface area contributed by atoms with Crippen LogP contribution in [0.15, 0.2) is 36.9 Å². The molecule has 1 aliphatic carbocycles. The van der Waals surface area contributed by atoms with Gasteiger partial charge < -0.3 is 14.5 Å². The van der Waals surface area contributed by atoms with Crippen LogP contribution >= 0.6 is 0 Å². The number of aromatic amines is 1. The summed E-state index contributed by atoms with van der Waals surface area (Å²) in [5, 5.41) is 0. The number of aryl methyl sites for hydroxylation is 1. The van der Waals surface area contributed by atoms with Gasteiger partial charge in [-0.3, -0.25) is 4.79 Å². The van der Waals surface area contributed by atoms with E-state index in [9.17, 15) is 4.79 Å². The van der Waals surface area contributed by atoms with E-state index in [4.69, 9.17) is 0 Å². The van der Waals surface area contributed by atoms with Gasteiger partial charge >= 0.3 is 0 Å². The number of amides is 1. The first kappa shape index (κ1) is 15.6. The second kappa shape index (κ2) is 6.27. The number of nitrogens with one attached hydrogen (secondary N) is 1. The largest absolute Gasteiger partial charge is 0.345 e. The fraction of sp³-hybridized carbons (Fsp3) is 0.450. The quantitative estimate of drug-likeness (QED) is 0.769. The van der Waals surface area contributed by atoms with Gasteiger partial charge in [0.2, 0.25) is 0 Å². The third-order valence-corrected chi connectivity index (χ3v) is 5.92. The van der Waals surface area contributed by atoms with Crippen molar-refractivity contribution in [1.82, 2.24) is 24.4 Å². The Kier molecular flexibility index (Phi) is 3.76. The molecule has 0 spiro atoms. The highest BCUT2D eigenvalue weighted by atomic mass is 16.2. The Bertz CT molecular complexity index is 936. The lowest BCUT2D eigenvalue weighted by Crippen LogP contribution is -2.38. The topological polar surface area (TPSA) is 66.8 Å². The molecule has 5 rings (SSSR count). The number of rotatable bonds is 2. The zero-order valence-electron chi connectivity index (χ0n) is 14.8. The first-order chi connectivity index (χ1) is 12.8. The molecule has 1 aliphatic heterocycles. The molecule has 3 heterocycles. The van der Waals surface area contributed by atoms with Gasteiger partial charge in [0, 0.05) is 31.0 Å². The van der Waals surface area contributed by atoms with E-state index in [1.807, 2.05) is 24.4 Å². The van der Waals surface area contributed by atoms with E-state index in [0.29, 0.717) is 5.92 Å². The lowest BCUT2D eigenvalue weighted by Gasteiger charge is -2.33. The zero-order valence-corrected chi connectivity index (χ0v) is 14.8. The van der Waals surface area contributed by atoms with Gasteiger partial charge in [-0.25, -0.2) is 9.97 Å². The molecule has 2 aromatic heterocycles. The molecule has 6 nitrogen and oxygen atoms in total. The van der Waals surface area contributed by atoms with Gasteiger partial charge in [0.05, 0.1) is 23.4 Å². The summed E-state index contributed by atoms with van der Waals surface area (Å²) in [7, 11) is 0. The molecule has 3 aromatic rings. The number of carbonyl (C=O) groups is 1. The first-order valence-electron chi connectivity index (χ1n) is 9.56. The van der Waals surface area contributed by atoms with Crippen molar-refractivity contribution in [2.75, 3.05) is 6.54 Å². The molecule has 1 aromatic carbocycles. The van der Waals surface area contributed by atoms with Gasteiger partial charge in [-0.1, -0.05) is 12.8 Å². The molecular weight excluding hydrogens is 326 g/mol. The minimum Gasteiger partial charge on any atom is -0.345 e. The molecule has 0 radical (unpaired) electrons. The van der Waals surface area contributed by atoms with Crippen molar-refractivity contribution in [3.8, 4) is 0 Å². The van der Waals surface area contributed by atoms with E-state index in [-0.39, 0.29) is 11.9 Å². The summed E-state index contributed by atoms with van der Waals surface area (Å²) in [6, 6.07) is 5.82.